The molecule has 0 amide bonds. The summed E-state index contributed by atoms with van der Waals surface area (Å²) in [4.78, 5) is 23.4. The van der Waals surface area contributed by atoms with Crippen LogP contribution in [0.1, 0.15) is 16.1 Å². The molecule has 104 valence electrons. The molecular formula is C13H10Cl2N2O3. The van der Waals surface area contributed by atoms with E-state index in [0.717, 1.165) is 0 Å². The molecule has 1 aromatic heterocycles. The van der Waals surface area contributed by atoms with Gasteiger partial charge in [0.05, 0.1) is 17.8 Å². The molecule has 0 unspecified atom stereocenters. The minimum atomic E-state index is -0.794. The monoisotopic (exact) mass is 312 g/mol. The van der Waals surface area contributed by atoms with E-state index in [2.05, 4.69) is 9.84 Å². The van der Waals surface area contributed by atoms with Crippen molar-refractivity contribution in [1.29, 1.82) is 0 Å². The van der Waals surface area contributed by atoms with Crippen molar-refractivity contribution in [2.45, 2.75) is 6.92 Å². The minimum absolute atomic E-state index is 0.293. The second kappa shape index (κ2) is 5.64. The van der Waals surface area contributed by atoms with Crippen LogP contribution in [0.15, 0.2) is 29.2 Å². The van der Waals surface area contributed by atoms with E-state index in [1.807, 2.05) is 0 Å². The summed E-state index contributed by atoms with van der Waals surface area (Å²) in [5, 5.41) is 4.79. The summed E-state index contributed by atoms with van der Waals surface area (Å²) >= 11 is 11.9. The van der Waals surface area contributed by atoms with Crippen LogP contribution in [-0.4, -0.2) is 22.9 Å². The summed E-state index contributed by atoms with van der Waals surface area (Å²) < 4.78 is 5.89. The Labute approximate surface area is 124 Å². The molecule has 0 saturated heterocycles. The number of esters is 1. The minimum Gasteiger partial charge on any atom is -0.464 e. The summed E-state index contributed by atoms with van der Waals surface area (Å²) in [6.07, 6.45) is 1.49. The van der Waals surface area contributed by atoms with Crippen LogP contribution in [-0.2, 0) is 4.74 Å². The molecule has 2 aromatic rings. The Balaban J connectivity index is 2.67. The van der Waals surface area contributed by atoms with E-state index in [0.29, 0.717) is 21.3 Å². The van der Waals surface area contributed by atoms with Gasteiger partial charge in [0, 0.05) is 16.8 Å². The van der Waals surface area contributed by atoms with Gasteiger partial charge < -0.3 is 4.74 Å². The number of nitrogens with zero attached hydrogens (tertiary/aromatic N) is 2. The maximum absolute atomic E-state index is 11.9. The van der Waals surface area contributed by atoms with E-state index in [1.54, 1.807) is 25.1 Å². The highest BCUT2D eigenvalue weighted by molar-refractivity contribution is 6.35. The molecule has 0 N–H and O–H groups in total. The molecule has 1 aromatic carbocycles. The zero-order valence-corrected chi connectivity index (χ0v) is 12.2. The number of benzene rings is 1. The third-order valence-corrected chi connectivity index (χ3v) is 3.17. The smallest absolute Gasteiger partial charge is 0.362 e. The Hall–Kier alpha value is -1.85. The highest BCUT2D eigenvalue weighted by Crippen LogP contribution is 2.23. The number of methoxy groups -OCH3 is 1. The highest BCUT2D eigenvalue weighted by atomic mass is 35.5. The third-order valence-electron chi connectivity index (χ3n) is 2.63. The molecule has 2 rings (SSSR count). The van der Waals surface area contributed by atoms with Crippen molar-refractivity contribution in [2.24, 2.45) is 0 Å². The zero-order chi connectivity index (χ0) is 14.9. The van der Waals surface area contributed by atoms with Crippen molar-refractivity contribution in [3.05, 3.63) is 55.9 Å². The number of hydrogen-bond donors (Lipinski definition) is 0. The predicted molar refractivity (Wildman–Crippen MR) is 75.9 cm³/mol. The number of rotatable bonds is 2. The molecule has 0 radical (unpaired) electrons. The number of aromatic nitrogens is 2. The molecule has 0 aliphatic carbocycles. The fourth-order valence-electron chi connectivity index (χ4n) is 1.63. The first-order chi connectivity index (χ1) is 9.43. The number of ether oxygens (including phenoxy) is 1. The first-order valence-electron chi connectivity index (χ1n) is 5.58. The van der Waals surface area contributed by atoms with Gasteiger partial charge in [-0.05, 0) is 25.1 Å². The summed E-state index contributed by atoms with van der Waals surface area (Å²) in [5.74, 6) is -0.794. The van der Waals surface area contributed by atoms with Gasteiger partial charge in [0.1, 0.15) is 0 Å². The first kappa shape index (κ1) is 14.6. The third kappa shape index (κ3) is 2.69. The average molecular weight is 313 g/mol. The van der Waals surface area contributed by atoms with Crippen LogP contribution in [0.25, 0.3) is 5.69 Å². The zero-order valence-electron chi connectivity index (χ0n) is 10.7. The molecule has 0 spiro atoms. The van der Waals surface area contributed by atoms with Gasteiger partial charge in [-0.25, -0.2) is 9.48 Å². The Bertz CT molecular complexity index is 741. The lowest BCUT2D eigenvalue weighted by atomic mass is 10.2. The quantitative estimate of drug-likeness (QED) is 0.800. The lowest BCUT2D eigenvalue weighted by Crippen LogP contribution is -2.24. The summed E-state index contributed by atoms with van der Waals surface area (Å²) in [7, 11) is 1.19. The van der Waals surface area contributed by atoms with Gasteiger partial charge in [0.2, 0.25) is 11.1 Å². The molecule has 7 heteroatoms. The predicted octanol–water partition coefficient (Wildman–Crippen LogP) is 2.63. The van der Waals surface area contributed by atoms with E-state index in [-0.39, 0.29) is 5.69 Å². The first-order valence-corrected chi connectivity index (χ1v) is 6.34. The second-order valence-electron chi connectivity index (χ2n) is 4.02. The molecule has 1 heterocycles. The van der Waals surface area contributed by atoms with E-state index < -0.39 is 11.4 Å². The van der Waals surface area contributed by atoms with Gasteiger partial charge in [-0.15, -0.1) is 0 Å². The van der Waals surface area contributed by atoms with Gasteiger partial charge in [0.15, 0.2) is 0 Å². The maximum atomic E-state index is 11.9. The molecule has 0 saturated carbocycles. The van der Waals surface area contributed by atoms with E-state index in [9.17, 15) is 9.59 Å². The van der Waals surface area contributed by atoms with Gasteiger partial charge in [-0.3, -0.25) is 4.79 Å². The lowest BCUT2D eigenvalue weighted by Gasteiger charge is -2.10. The number of aryl methyl sites for hydroxylation is 1. The van der Waals surface area contributed by atoms with Crippen molar-refractivity contribution >= 4 is 29.2 Å². The highest BCUT2D eigenvalue weighted by Gasteiger charge is 2.16. The van der Waals surface area contributed by atoms with Crippen LogP contribution in [0.5, 0.6) is 0 Å². The fourth-order valence-corrected chi connectivity index (χ4v) is 2.13. The molecule has 20 heavy (non-hydrogen) atoms. The number of hydrogen-bond acceptors (Lipinski definition) is 4. The van der Waals surface area contributed by atoms with Crippen molar-refractivity contribution in [3.8, 4) is 5.69 Å². The second-order valence-corrected chi connectivity index (χ2v) is 4.87. The molecule has 0 aliphatic rings. The van der Waals surface area contributed by atoms with Crippen LogP contribution in [0, 0.1) is 6.92 Å². The SMILES string of the molecule is COC(=O)c1nn(-c2ccc(Cl)cc2Cl)cc(C)c1=O. The van der Waals surface area contributed by atoms with Gasteiger partial charge in [-0.2, -0.15) is 5.10 Å². The van der Waals surface area contributed by atoms with Crippen molar-refractivity contribution in [1.82, 2.24) is 9.78 Å². The standard InChI is InChI=1S/C13H10Cl2N2O3/c1-7-6-17(10-4-3-8(14)5-9(10)15)16-11(12(7)18)13(19)20-2/h3-6H,1-2H3. The van der Waals surface area contributed by atoms with Gasteiger partial charge in [0.25, 0.3) is 0 Å². The van der Waals surface area contributed by atoms with E-state index in [4.69, 9.17) is 23.2 Å². The van der Waals surface area contributed by atoms with Gasteiger partial charge in [-0.1, -0.05) is 23.2 Å². The lowest BCUT2D eigenvalue weighted by molar-refractivity contribution is 0.0590. The van der Waals surface area contributed by atoms with Gasteiger partial charge >= 0.3 is 5.97 Å². The number of carbonyl (C=O) groups is 1. The average Bonchev–Trinajstić information content (AvgIpc) is 2.41. The Morgan fingerprint density at radius 1 is 1.35 bits per heavy atom. The summed E-state index contributed by atoms with van der Waals surface area (Å²) in [6.45, 7) is 1.58. The van der Waals surface area contributed by atoms with Crippen molar-refractivity contribution < 1.29 is 9.53 Å². The van der Waals surface area contributed by atoms with E-state index in [1.165, 1.54) is 18.0 Å². The topological polar surface area (TPSA) is 61.2 Å². The molecular weight excluding hydrogens is 303 g/mol. The van der Waals surface area contributed by atoms with Crippen molar-refractivity contribution in [2.75, 3.05) is 7.11 Å². The molecule has 5 nitrogen and oxygen atoms in total. The molecule has 0 aliphatic heterocycles. The fraction of sp³-hybridized carbons (Fsp3) is 0.154. The maximum Gasteiger partial charge on any atom is 0.362 e. The Morgan fingerprint density at radius 3 is 2.65 bits per heavy atom. The molecule has 0 atom stereocenters. The number of carbonyl (C=O) groups excluding carboxylic acids is 1. The van der Waals surface area contributed by atoms with Crippen molar-refractivity contribution in [3.63, 3.8) is 0 Å². The number of halogens is 2. The Morgan fingerprint density at radius 2 is 2.05 bits per heavy atom. The largest absolute Gasteiger partial charge is 0.464 e. The normalized spacial score (nSPS) is 10.4. The van der Waals surface area contributed by atoms with E-state index >= 15 is 0 Å². The molecule has 0 bridgehead atoms. The van der Waals surface area contributed by atoms with Crippen LogP contribution < -0.4 is 5.43 Å². The van der Waals surface area contributed by atoms with Crippen LogP contribution in [0.2, 0.25) is 10.0 Å². The van der Waals surface area contributed by atoms with Crippen LogP contribution in [0.4, 0.5) is 0 Å². The summed E-state index contributed by atoms with van der Waals surface area (Å²) in [6, 6.07) is 4.82. The van der Waals surface area contributed by atoms with Crippen LogP contribution in [0.3, 0.4) is 0 Å². The Kier molecular flexibility index (Phi) is 4.11. The van der Waals surface area contributed by atoms with Crippen LogP contribution >= 0.6 is 23.2 Å². The molecule has 0 fully saturated rings. The summed E-state index contributed by atoms with van der Waals surface area (Å²) in [5.41, 5.74) is 0.0902.